The Kier molecular flexibility index (Phi) is 7.92. The van der Waals surface area contributed by atoms with Gasteiger partial charge in [0.15, 0.2) is 0 Å². The second-order valence-corrected chi connectivity index (χ2v) is 8.16. The van der Waals surface area contributed by atoms with Gasteiger partial charge in [0, 0.05) is 32.0 Å². The largest absolute Gasteiger partial charge is 0.342 e. The highest BCUT2D eigenvalue weighted by Gasteiger charge is 2.23. The molecule has 0 aromatic heterocycles. The molecule has 27 heavy (non-hydrogen) atoms. The van der Waals surface area contributed by atoms with Crippen LogP contribution in [0.4, 0.5) is 5.69 Å². The Morgan fingerprint density at radius 1 is 1.04 bits per heavy atom. The average Bonchev–Trinajstić information content (AvgIpc) is 2.62. The third kappa shape index (κ3) is 6.75. The monoisotopic (exact) mass is 384 g/mol. The Hall–Kier alpha value is -2.27. The molecule has 1 atom stereocenters. The lowest BCUT2D eigenvalue weighted by Crippen LogP contribution is -2.30. The van der Waals surface area contributed by atoms with Crippen molar-refractivity contribution in [1.82, 2.24) is 4.90 Å². The van der Waals surface area contributed by atoms with Crippen molar-refractivity contribution in [2.75, 3.05) is 12.4 Å². The van der Waals surface area contributed by atoms with Gasteiger partial charge in [-0.1, -0.05) is 56.3 Å². The van der Waals surface area contributed by atoms with Crippen LogP contribution in [0.15, 0.2) is 54.6 Å². The van der Waals surface area contributed by atoms with Crippen molar-refractivity contribution in [2.24, 2.45) is 5.92 Å². The maximum absolute atomic E-state index is 12.8. The minimum Gasteiger partial charge on any atom is -0.342 e. The average molecular weight is 385 g/mol. The first kappa shape index (κ1) is 21.0. The predicted octanol–water partition coefficient (Wildman–Crippen LogP) is 4.56. The van der Waals surface area contributed by atoms with Crippen molar-refractivity contribution in [3.63, 3.8) is 0 Å². The lowest BCUT2D eigenvalue weighted by Gasteiger charge is -2.20. The van der Waals surface area contributed by atoms with Crippen LogP contribution >= 0.6 is 11.8 Å². The predicted molar refractivity (Wildman–Crippen MR) is 114 cm³/mol. The zero-order chi connectivity index (χ0) is 19.8. The van der Waals surface area contributed by atoms with E-state index in [1.165, 1.54) is 5.56 Å². The van der Waals surface area contributed by atoms with Gasteiger partial charge >= 0.3 is 0 Å². The van der Waals surface area contributed by atoms with Crippen molar-refractivity contribution in [3.05, 3.63) is 65.7 Å². The summed E-state index contributed by atoms with van der Waals surface area (Å²) in [6.45, 7) is 6.21. The van der Waals surface area contributed by atoms with Gasteiger partial charge in [-0.3, -0.25) is 9.59 Å². The van der Waals surface area contributed by atoms with E-state index in [1.54, 1.807) is 30.6 Å². The molecule has 2 aromatic rings. The second kappa shape index (κ2) is 10.2. The second-order valence-electron chi connectivity index (χ2n) is 7.03. The van der Waals surface area contributed by atoms with Crippen LogP contribution in [0.25, 0.3) is 0 Å². The number of nitrogens with zero attached hydrogens (tertiary/aromatic N) is 1. The summed E-state index contributed by atoms with van der Waals surface area (Å²) >= 11 is 1.66. The van der Waals surface area contributed by atoms with E-state index in [1.807, 2.05) is 42.5 Å². The molecule has 2 amide bonds. The molecule has 4 nitrogen and oxygen atoms in total. The van der Waals surface area contributed by atoms with Gasteiger partial charge in [-0.15, -0.1) is 11.8 Å². The summed E-state index contributed by atoms with van der Waals surface area (Å²) in [4.78, 5) is 25.9. The zero-order valence-electron chi connectivity index (χ0n) is 16.4. The van der Waals surface area contributed by atoms with Crippen molar-refractivity contribution < 1.29 is 9.59 Å². The molecular formula is C22H28N2O2S. The van der Waals surface area contributed by atoms with E-state index in [2.05, 4.69) is 31.3 Å². The maximum Gasteiger partial charge on any atom is 0.237 e. The molecular weight excluding hydrogens is 356 g/mol. The number of thioether (sulfide) groups is 1. The first-order chi connectivity index (χ1) is 12.9. The third-order valence-corrected chi connectivity index (χ3v) is 5.91. The van der Waals surface area contributed by atoms with E-state index in [4.69, 9.17) is 0 Å². The van der Waals surface area contributed by atoms with E-state index in [0.29, 0.717) is 6.54 Å². The van der Waals surface area contributed by atoms with Crippen molar-refractivity contribution >= 4 is 29.3 Å². The topological polar surface area (TPSA) is 49.4 Å². The lowest BCUT2D eigenvalue weighted by atomic mass is 10.1. The van der Waals surface area contributed by atoms with Crippen molar-refractivity contribution in [1.29, 1.82) is 0 Å². The fourth-order valence-corrected chi connectivity index (χ4v) is 3.84. The van der Waals surface area contributed by atoms with Gasteiger partial charge in [0.05, 0.1) is 5.25 Å². The maximum atomic E-state index is 12.8. The highest BCUT2D eigenvalue weighted by atomic mass is 32.2. The molecule has 0 saturated carbocycles. The summed E-state index contributed by atoms with van der Waals surface area (Å²) in [6, 6.07) is 17.9. The number of nitrogens with one attached hydrogen (secondary N) is 1. The van der Waals surface area contributed by atoms with Crippen LogP contribution in [-0.2, 0) is 21.9 Å². The molecule has 144 valence electrons. The molecule has 0 bridgehead atoms. The Balaban J connectivity index is 2.01. The summed E-state index contributed by atoms with van der Waals surface area (Å²) in [5, 5.41) is 2.91. The van der Waals surface area contributed by atoms with E-state index >= 15 is 0 Å². The first-order valence-corrected chi connectivity index (χ1v) is 10.2. The van der Waals surface area contributed by atoms with Crippen LogP contribution in [0.3, 0.4) is 0 Å². The number of carbonyl (C=O) groups is 2. The van der Waals surface area contributed by atoms with E-state index in [-0.39, 0.29) is 23.0 Å². The number of carbonyl (C=O) groups excluding carboxylic acids is 2. The summed E-state index contributed by atoms with van der Waals surface area (Å²) in [7, 11) is 1.77. The fraction of sp³-hybridized carbons (Fsp3) is 0.364. The normalized spacial score (nSPS) is 11.9. The van der Waals surface area contributed by atoms with Crippen LogP contribution in [0.1, 0.15) is 31.9 Å². The molecule has 0 heterocycles. The van der Waals surface area contributed by atoms with Gasteiger partial charge in [0.1, 0.15) is 0 Å². The summed E-state index contributed by atoms with van der Waals surface area (Å²) < 4.78 is 0. The Morgan fingerprint density at radius 3 is 2.33 bits per heavy atom. The van der Waals surface area contributed by atoms with Gasteiger partial charge in [0.2, 0.25) is 11.8 Å². The van der Waals surface area contributed by atoms with Gasteiger partial charge in [-0.2, -0.15) is 0 Å². The lowest BCUT2D eigenvalue weighted by molar-refractivity contribution is -0.128. The Morgan fingerprint density at radius 2 is 1.70 bits per heavy atom. The summed E-state index contributed by atoms with van der Waals surface area (Å²) in [5.74, 6) is 1.07. The SMILES string of the molecule is CC(=O)N(C)Cc1cccc(NC(=O)C(SCc2ccccc2)C(C)C)c1. The van der Waals surface area contributed by atoms with Crippen LogP contribution in [0.2, 0.25) is 0 Å². The van der Waals surface area contributed by atoms with Crippen LogP contribution in [0, 0.1) is 5.92 Å². The zero-order valence-corrected chi connectivity index (χ0v) is 17.3. The molecule has 0 aliphatic heterocycles. The minimum absolute atomic E-state index is 0.0154. The summed E-state index contributed by atoms with van der Waals surface area (Å²) in [6.07, 6.45) is 0. The fourth-order valence-electron chi connectivity index (χ4n) is 2.68. The molecule has 1 unspecified atom stereocenters. The van der Waals surface area contributed by atoms with E-state index in [0.717, 1.165) is 17.0 Å². The molecule has 2 aromatic carbocycles. The number of hydrogen-bond donors (Lipinski definition) is 1. The first-order valence-electron chi connectivity index (χ1n) is 9.14. The standard InChI is InChI=1S/C22H28N2O2S/c1-16(2)21(27-15-18-9-6-5-7-10-18)22(26)23-20-12-8-11-19(13-20)14-24(4)17(3)25/h5-13,16,21H,14-15H2,1-4H3,(H,23,26). The minimum atomic E-state index is -0.131. The van der Waals surface area contributed by atoms with Crippen LogP contribution in [0.5, 0.6) is 0 Å². The summed E-state index contributed by atoms with van der Waals surface area (Å²) in [5.41, 5.74) is 2.97. The van der Waals surface area contributed by atoms with Crippen LogP contribution < -0.4 is 5.32 Å². The van der Waals surface area contributed by atoms with Gasteiger partial charge in [0.25, 0.3) is 0 Å². The Bertz CT molecular complexity index is 762. The molecule has 0 aliphatic rings. The van der Waals surface area contributed by atoms with Crippen LogP contribution in [-0.4, -0.2) is 29.0 Å². The molecule has 2 rings (SSSR count). The number of benzene rings is 2. The molecule has 0 radical (unpaired) electrons. The van der Waals surface area contributed by atoms with E-state index in [9.17, 15) is 9.59 Å². The van der Waals surface area contributed by atoms with Crippen molar-refractivity contribution in [2.45, 2.75) is 38.3 Å². The number of rotatable bonds is 8. The number of amides is 2. The highest BCUT2D eigenvalue weighted by molar-refractivity contribution is 7.99. The van der Waals surface area contributed by atoms with Gasteiger partial charge in [-0.25, -0.2) is 0 Å². The molecule has 0 fully saturated rings. The van der Waals surface area contributed by atoms with E-state index < -0.39 is 0 Å². The molecule has 0 saturated heterocycles. The molecule has 0 aliphatic carbocycles. The number of hydrogen-bond acceptors (Lipinski definition) is 3. The van der Waals surface area contributed by atoms with Gasteiger partial charge < -0.3 is 10.2 Å². The number of anilines is 1. The highest BCUT2D eigenvalue weighted by Crippen LogP contribution is 2.25. The molecule has 1 N–H and O–H groups in total. The smallest absolute Gasteiger partial charge is 0.237 e. The van der Waals surface area contributed by atoms with Gasteiger partial charge in [-0.05, 0) is 29.2 Å². The molecule has 5 heteroatoms. The van der Waals surface area contributed by atoms with Crippen molar-refractivity contribution in [3.8, 4) is 0 Å². The molecule has 0 spiro atoms. The third-order valence-electron chi connectivity index (χ3n) is 4.29. The Labute approximate surface area is 166 Å². The quantitative estimate of drug-likeness (QED) is 0.726.